The van der Waals surface area contributed by atoms with Crippen molar-refractivity contribution < 1.29 is 9.59 Å². The van der Waals surface area contributed by atoms with E-state index in [2.05, 4.69) is 15.1 Å². The lowest BCUT2D eigenvalue weighted by Gasteiger charge is -2.04. The molecular weight excluding hydrogens is 304 g/mol. The van der Waals surface area contributed by atoms with Crippen LogP contribution in [0.2, 0.25) is 0 Å². The van der Waals surface area contributed by atoms with Crippen LogP contribution in [0.25, 0.3) is 11.4 Å². The second-order valence-corrected chi connectivity index (χ2v) is 5.27. The van der Waals surface area contributed by atoms with Crippen LogP contribution in [0.4, 0.5) is 0 Å². The van der Waals surface area contributed by atoms with Gasteiger partial charge >= 0.3 is 0 Å². The van der Waals surface area contributed by atoms with Gasteiger partial charge in [-0.05, 0) is 12.1 Å². The van der Waals surface area contributed by atoms with Gasteiger partial charge in [0, 0.05) is 5.56 Å². The van der Waals surface area contributed by atoms with Gasteiger partial charge in [0.25, 0.3) is 11.8 Å². The summed E-state index contributed by atoms with van der Waals surface area (Å²) in [7, 11) is 0. The number of carbonyl (C=O) groups excluding carboxylic acids is 2. The summed E-state index contributed by atoms with van der Waals surface area (Å²) in [5.74, 6) is -0.149. The molecule has 0 atom stereocenters. The third-order valence-electron chi connectivity index (χ3n) is 3.73. The van der Waals surface area contributed by atoms with Gasteiger partial charge in [0.05, 0.1) is 29.2 Å². The lowest BCUT2D eigenvalue weighted by molar-refractivity contribution is 0.0660. The van der Waals surface area contributed by atoms with E-state index in [1.54, 1.807) is 30.5 Å². The molecule has 1 aliphatic rings. The zero-order valence-electron chi connectivity index (χ0n) is 12.5. The Morgan fingerprint density at radius 2 is 1.54 bits per heavy atom. The first-order chi connectivity index (χ1) is 11.7. The Morgan fingerprint density at radius 3 is 2.21 bits per heavy atom. The van der Waals surface area contributed by atoms with Crippen molar-refractivity contribution in [3.05, 3.63) is 77.6 Å². The smallest absolute Gasteiger partial charge is 0.282 e. The minimum atomic E-state index is -0.422. The molecule has 6 heteroatoms. The SMILES string of the molecule is O=C1c2ccccc2C(=O)N1/N=C/c1cnc(-c2ccccc2)[nH]1. The molecule has 2 aromatic carbocycles. The molecule has 24 heavy (non-hydrogen) atoms. The van der Waals surface area contributed by atoms with E-state index < -0.39 is 11.8 Å². The molecule has 3 aromatic rings. The monoisotopic (exact) mass is 316 g/mol. The average Bonchev–Trinajstić information content (AvgIpc) is 3.19. The summed E-state index contributed by atoms with van der Waals surface area (Å²) in [6.07, 6.45) is 3.02. The van der Waals surface area contributed by atoms with E-state index in [0.29, 0.717) is 22.6 Å². The van der Waals surface area contributed by atoms with Gasteiger partial charge in [0.2, 0.25) is 0 Å². The summed E-state index contributed by atoms with van der Waals surface area (Å²) in [5, 5.41) is 4.88. The quantitative estimate of drug-likeness (QED) is 0.596. The number of hydrogen-bond acceptors (Lipinski definition) is 4. The van der Waals surface area contributed by atoms with Gasteiger partial charge < -0.3 is 4.98 Å². The second kappa shape index (κ2) is 5.58. The van der Waals surface area contributed by atoms with E-state index >= 15 is 0 Å². The van der Waals surface area contributed by atoms with Crippen molar-refractivity contribution in [2.45, 2.75) is 0 Å². The van der Waals surface area contributed by atoms with E-state index in [4.69, 9.17) is 0 Å². The summed E-state index contributed by atoms with van der Waals surface area (Å²) in [5.41, 5.74) is 2.28. The number of rotatable bonds is 3. The molecule has 6 nitrogen and oxygen atoms in total. The van der Waals surface area contributed by atoms with Gasteiger partial charge in [-0.15, -0.1) is 0 Å². The van der Waals surface area contributed by atoms with Gasteiger partial charge in [-0.3, -0.25) is 9.59 Å². The highest BCUT2D eigenvalue weighted by Crippen LogP contribution is 2.22. The molecule has 2 amide bonds. The van der Waals surface area contributed by atoms with Crippen LogP contribution in [-0.2, 0) is 0 Å². The van der Waals surface area contributed by atoms with Crippen molar-refractivity contribution in [2.24, 2.45) is 5.10 Å². The topological polar surface area (TPSA) is 78.4 Å². The minimum Gasteiger partial charge on any atom is -0.337 e. The van der Waals surface area contributed by atoms with Gasteiger partial charge in [-0.25, -0.2) is 4.98 Å². The number of aromatic amines is 1. The Labute approximate surface area is 137 Å². The Hall–Kier alpha value is -3.54. The molecule has 0 saturated carbocycles. The number of carbonyl (C=O) groups is 2. The van der Waals surface area contributed by atoms with E-state index in [9.17, 15) is 9.59 Å². The molecule has 0 unspecified atom stereocenters. The Morgan fingerprint density at radius 1 is 0.917 bits per heavy atom. The van der Waals surface area contributed by atoms with Crippen LogP contribution in [0.5, 0.6) is 0 Å². The van der Waals surface area contributed by atoms with E-state index in [1.165, 1.54) is 6.21 Å². The average molecular weight is 316 g/mol. The van der Waals surface area contributed by atoms with E-state index in [-0.39, 0.29) is 0 Å². The highest BCUT2D eigenvalue weighted by Gasteiger charge is 2.35. The van der Waals surface area contributed by atoms with Crippen molar-refractivity contribution in [1.29, 1.82) is 0 Å². The van der Waals surface area contributed by atoms with Gasteiger partial charge in [-0.1, -0.05) is 42.5 Å². The Balaban J connectivity index is 1.58. The van der Waals surface area contributed by atoms with Crippen LogP contribution in [-0.4, -0.2) is 33.0 Å². The van der Waals surface area contributed by atoms with Gasteiger partial charge in [0.1, 0.15) is 5.82 Å². The van der Waals surface area contributed by atoms with Crippen LogP contribution < -0.4 is 0 Å². The molecule has 0 saturated heterocycles. The maximum atomic E-state index is 12.2. The maximum Gasteiger partial charge on any atom is 0.282 e. The highest BCUT2D eigenvalue weighted by atomic mass is 16.2. The summed E-state index contributed by atoms with van der Waals surface area (Å²) < 4.78 is 0. The standard InChI is InChI=1S/C18H12N4O2/c23-17-14-8-4-5-9-15(14)18(24)22(17)20-11-13-10-19-16(21-13)12-6-2-1-3-7-12/h1-11H,(H,19,21)/b20-11+. The molecule has 4 rings (SSSR count). The molecule has 0 radical (unpaired) electrons. The summed E-state index contributed by atoms with van der Waals surface area (Å²) in [6, 6.07) is 16.3. The lowest BCUT2D eigenvalue weighted by atomic mass is 10.1. The molecule has 1 N–H and O–H groups in total. The number of nitrogens with one attached hydrogen (secondary N) is 1. The largest absolute Gasteiger partial charge is 0.337 e. The second-order valence-electron chi connectivity index (χ2n) is 5.27. The lowest BCUT2D eigenvalue weighted by Crippen LogP contribution is -2.24. The fourth-order valence-electron chi connectivity index (χ4n) is 2.55. The van der Waals surface area contributed by atoms with Crippen molar-refractivity contribution >= 4 is 18.0 Å². The molecule has 1 aliphatic heterocycles. The van der Waals surface area contributed by atoms with Crippen molar-refractivity contribution in [3.63, 3.8) is 0 Å². The maximum absolute atomic E-state index is 12.2. The van der Waals surface area contributed by atoms with Crippen LogP contribution in [0, 0.1) is 0 Å². The first-order valence-corrected chi connectivity index (χ1v) is 7.36. The molecule has 0 bridgehead atoms. The van der Waals surface area contributed by atoms with E-state index in [0.717, 1.165) is 10.6 Å². The number of benzene rings is 2. The predicted molar refractivity (Wildman–Crippen MR) is 88.6 cm³/mol. The minimum absolute atomic E-state index is 0.370. The number of imidazole rings is 1. The summed E-state index contributed by atoms with van der Waals surface area (Å²) in [4.78, 5) is 31.8. The number of nitrogens with zero attached hydrogens (tertiary/aromatic N) is 3. The zero-order valence-corrected chi connectivity index (χ0v) is 12.5. The van der Waals surface area contributed by atoms with Crippen LogP contribution >= 0.6 is 0 Å². The number of fused-ring (bicyclic) bond motifs is 1. The summed E-state index contributed by atoms with van der Waals surface area (Å²) >= 11 is 0. The van der Waals surface area contributed by atoms with Crippen molar-refractivity contribution in [1.82, 2.24) is 15.0 Å². The van der Waals surface area contributed by atoms with Crippen LogP contribution in [0.15, 0.2) is 65.9 Å². The summed E-state index contributed by atoms with van der Waals surface area (Å²) in [6.45, 7) is 0. The Bertz CT molecular complexity index is 925. The Kier molecular flexibility index (Phi) is 3.28. The molecule has 116 valence electrons. The molecule has 0 aliphatic carbocycles. The predicted octanol–water partition coefficient (Wildman–Crippen LogP) is 2.71. The first-order valence-electron chi connectivity index (χ1n) is 7.36. The fourth-order valence-corrected chi connectivity index (χ4v) is 2.55. The number of H-pyrrole nitrogens is 1. The van der Waals surface area contributed by atoms with Crippen LogP contribution in [0.1, 0.15) is 26.4 Å². The third-order valence-corrected chi connectivity index (χ3v) is 3.73. The highest BCUT2D eigenvalue weighted by molar-refractivity contribution is 6.21. The normalized spacial score (nSPS) is 13.8. The molecule has 2 heterocycles. The zero-order chi connectivity index (χ0) is 16.5. The number of amides is 2. The molecule has 1 aromatic heterocycles. The van der Waals surface area contributed by atoms with Gasteiger partial charge in [-0.2, -0.15) is 10.1 Å². The third kappa shape index (κ3) is 2.30. The van der Waals surface area contributed by atoms with E-state index in [1.807, 2.05) is 30.3 Å². The molecular formula is C18H12N4O2. The van der Waals surface area contributed by atoms with Crippen molar-refractivity contribution in [3.8, 4) is 11.4 Å². The number of hydrazone groups is 1. The molecule has 0 fully saturated rings. The fraction of sp³-hybridized carbons (Fsp3) is 0. The van der Waals surface area contributed by atoms with Gasteiger partial charge in [0.15, 0.2) is 0 Å². The number of aromatic nitrogens is 2. The number of imide groups is 1. The first kappa shape index (κ1) is 14.1. The van der Waals surface area contributed by atoms with Crippen LogP contribution in [0.3, 0.4) is 0 Å². The molecule has 0 spiro atoms. The van der Waals surface area contributed by atoms with Crippen molar-refractivity contribution in [2.75, 3.05) is 0 Å². The number of hydrogen-bond donors (Lipinski definition) is 1.